The third-order valence-corrected chi connectivity index (χ3v) is 0.702. The van der Waals surface area contributed by atoms with Crippen LogP contribution in [0.15, 0.2) is 0 Å². The van der Waals surface area contributed by atoms with Gasteiger partial charge in [-0.2, -0.15) is 0 Å². The Morgan fingerprint density at radius 3 is 0.789 bits per heavy atom. The van der Waals surface area contributed by atoms with Crippen LogP contribution >= 0.6 is 0 Å². The summed E-state index contributed by atoms with van der Waals surface area (Å²) in [6.45, 7) is 9.51. The number of hydrogen-bond donors (Lipinski definition) is 1. The van der Waals surface area contributed by atoms with Crippen LogP contribution < -0.4 is 31.3 Å². The average Bonchev–Trinajstić information content (AvgIpc) is 2.21. The molecular formula is C12H30NNbO5. The molecule has 1 atom stereocenters. The summed E-state index contributed by atoms with van der Waals surface area (Å²) in [5.74, 6) is 0. The van der Waals surface area contributed by atoms with E-state index < -0.39 is 5.72 Å². The molecule has 0 aromatic heterocycles. The largest absolute Gasteiger partial charge is 5.00 e. The monoisotopic (exact) mass is 361 g/mol. The molecule has 0 saturated heterocycles. The third kappa shape index (κ3) is 411. The van der Waals surface area contributed by atoms with E-state index in [1.54, 1.807) is 34.6 Å². The van der Waals surface area contributed by atoms with Gasteiger partial charge < -0.3 is 31.3 Å². The van der Waals surface area contributed by atoms with Crippen molar-refractivity contribution in [3.05, 3.63) is 0 Å². The molecule has 0 radical (unpaired) electrons. The van der Waals surface area contributed by atoms with Gasteiger partial charge in [0, 0.05) is 0 Å². The van der Waals surface area contributed by atoms with Crippen LogP contribution in [-0.2, 0) is 22.4 Å². The molecule has 0 aliphatic carbocycles. The second-order valence-corrected chi connectivity index (χ2v) is 2.82. The fourth-order valence-electron chi connectivity index (χ4n) is 0. The van der Waals surface area contributed by atoms with Crippen molar-refractivity contribution in [3.8, 4) is 0 Å². The van der Waals surface area contributed by atoms with Gasteiger partial charge in [0.25, 0.3) is 0 Å². The fourth-order valence-corrected chi connectivity index (χ4v) is 0. The molecule has 0 rings (SSSR count). The van der Waals surface area contributed by atoms with E-state index in [1.807, 2.05) is 0 Å². The van der Waals surface area contributed by atoms with E-state index in [9.17, 15) is 5.11 Å². The summed E-state index contributed by atoms with van der Waals surface area (Å²) < 4.78 is 0. The zero-order valence-corrected chi connectivity index (χ0v) is 15.3. The molecule has 0 aliphatic rings. The van der Waals surface area contributed by atoms with Crippen molar-refractivity contribution < 1.29 is 47.9 Å². The predicted molar refractivity (Wildman–Crippen MR) is 65.0 cm³/mol. The van der Waals surface area contributed by atoms with Crippen molar-refractivity contribution in [2.75, 3.05) is 26.4 Å². The van der Waals surface area contributed by atoms with Crippen LogP contribution in [0, 0.1) is 0 Å². The summed E-state index contributed by atoms with van der Waals surface area (Å²) in [7, 11) is 0. The minimum absolute atomic E-state index is 0. The van der Waals surface area contributed by atoms with Gasteiger partial charge in [0.05, 0.1) is 0 Å². The van der Waals surface area contributed by atoms with Crippen LogP contribution in [0.25, 0.3) is 0 Å². The van der Waals surface area contributed by atoms with Crippen LogP contribution in [0.2, 0.25) is 0 Å². The van der Waals surface area contributed by atoms with Crippen molar-refractivity contribution in [1.29, 1.82) is 0 Å². The van der Waals surface area contributed by atoms with E-state index in [2.05, 4.69) is 0 Å². The van der Waals surface area contributed by atoms with Crippen LogP contribution in [0.3, 0.4) is 0 Å². The summed E-state index contributed by atoms with van der Waals surface area (Å²) in [5.41, 5.74) is 3.77. The normalized spacial score (nSPS) is 10.1. The molecule has 118 valence electrons. The van der Waals surface area contributed by atoms with Gasteiger partial charge in [-0.25, -0.2) is 0 Å². The molecule has 0 amide bonds. The van der Waals surface area contributed by atoms with E-state index in [0.29, 0.717) is 6.42 Å². The second-order valence-electron chi connectivity index (χ2n) is 2.82. The van der Waals surface area contributed by atoms with Gasteiger partial charge in [0.1, 0.15) is 0 Å². The molecule has 7 heteroatoms. The Bertz CT molecular complexity index is 84.7. The Labute approximate surface area is 134 Å². The third-order valence-electron chi connectivity index (χ3n) is 0.702. The maximum Gasteiger partial charge on any atom is 5.00 e. The van der Waals surface area contributed by atoms with Gasteiger partial charge in [-0.05, 0) is 0 Å². The van der Waals surface area contributed by atoms with Gasteiger partial charge in [0.15, 0.2) is 0 Å². The summed E-state index contributed by atoms with van der Waals surface area (Å²) >= 11 is 0. The van der Waals surface area contributed by atoms with E-state index in [4.69, 9.17) is 26.2 Å². The molecule has 6 nitrogen and oxygen atoms in total. The molecule has 0 heterocycles. The molecule has 0 bridgehead atoms. The van der Waals surface area contributed by atoms with Crippen LogP contribution in [0.5, 0.6) is 0 Å². The first-order valence-electron chi connectivity index (χ1n) is 6.04. The molecular weight excluding hydrogens is 331 g/mol. The van der Waals surface area contributed by atoms with E-state index in [1.165, 1.54) is 6.92 Å². The zero-order valence-electron chi connectivity index (χ0n) is 13.1. The van der Waals surface area contributed by atoms with E-state index >= 15 is 0 Å². The molecule has 0 aromatic rings. The predicted octanol–water partition coefficient (Wildman–Crippen LogP) is -3.10. The van der Waals surface area contributed by atoms with Crippen molar-refractivity contribution in [3.63, 3.8) is 0 Å². The van der Waals surface area contributed by atoms with Gasteiger partial charge in [0.2, 0.25) is 0 Å². The van der Waals surface area contributed by atoms with Crippen molar-refractivity contribution in [2.24, 2.45) is 5.73 Å². The zero-order chi connectivity index (χ0) is 16.0. The summed E-state index contributed by atoms with van der Waals surface area (Å²) in [6, 6.07) is 0. The van der Waals surface area contributed by atoms with Gasteiger partial charge in [-0.3, -0.25) is 0 Å². The van der Waals surface area contributed by atoms with Gasteiger partial charge >= 0.3 is 22.4 Å². The molecule has 0 aromatic carbocycles. The van der Waals surface area contributed by atoms with Gasteiger partial charge in [-0.1, -0.05) is 53.7 Å². The molecule has 19 heavy (non-hydrogen) atoms. The topological polar surface area (TPSA) is 141 Å². The minimum Gasteiger partial charge on any atom is -0.855 e. The molecule has 1 unspecified atom stereocenters. The van der Waals surface area contributed by atoms with E-state index in [0.717, 1.165) is 0 Å². The Hall–Kier alpha value is 0.500. The molecule has 2 N–H and O–H groups in total. The molecule has 0 saturated carbocycles. The first kappa shape index (κ1) is 36.6. The first-order chi connectivity index (χ1) is 8.22. The molecule has 0 spiro atoms. The second kappa shape index (κ2) is 42.8. The van der Waals surface area contributed by atoms with E-state index in [-0.39, 0.29) is 48.8 Å². The Morgan fingerprint density at radius 2 is 0.789 bits per heavy atom. The Morgan fingerprint density at radius 1 is 0.737 bits per heavy atom. The standard InChI is InChI=1S/C4H10NO.4C2H5O.Nb/c1-3-4(2,5)6;4*1-2-3;/h3,5H2,1-2H3;4*2H2,1H3;/q5*-1;+5. The first-order valence-corrected chi connectivity index (χ1v) is 6.04. The Balaban J connectivity index is -0.0000000287. The quantitative estimate of drug-likeness (QED) is 0.387. The van der Waals surface area contributed by atoms with Crippen molar-refractivity contribution >= 4 is 0 Å². The SMILES string of the molecule is CCC(C)(N)[O-].CC[O-].CC[O-].CC[O-].CC[O-].[Nb+5]. The maximum atomic E-state index is 10.2. The summed E-state index contributed by atoms with van der Waals surface area (Å²) in [5, 5.41) is 46.0. The van der Waals surface area contributed by atoms with Crippen LogP contribution in [-0.4, -0.2) is 32.2 Å². The van der Waals surface area contributed by atoms with Crippen LogP contribution in [0.1, 0.15) is 48.0 Å². The fraction of sp³-hybridized carbons (Fsp3) is 1.00. The number of nitrogens with two attached hydrogens (primary N) is 1. The number of rotatable bonds is 1. The van der Waals surface area contributed by atoms with Gasteiger partial charge in [-0.15, -0.1) is 26.4 Å². The van der Waals surface area contributed by atoms with Crippen molar-refractivity contribution in [1.82, 2.24) is 0 Å². The molecule has 0 aliphatic heterocycles. The summed E-state index contributed by atoms with van der Waals surface area (Å²) in [6.07, 6.45) is 0.493. The smallest absolute Gasteiger partial charge is 0.855 e. The number of hydrogen-bond acceptors (Lipinski definition) is 6. The van der Waals surface area contributed by atoms with Crippen LogP contribution in [0.4, 0.5) is 0 Å². The van der Waals surface area contributed by atoms with Crippen molar-refractivity contribution in [2.45, 2.75) is 53.7 Å². The summed E-state index contributed by atoms with van der Waals surface area (Å²) in [4.78, 5) is 0. The molecule has 0 fully saturated rings. The average molecular weight is 361 g/mol. The Kier molecular flexibility index (Phi) is 82.6. The minimum atomic E-state index is -1.21. The maximum absolute atomic E-state index is 10.2.